The molecule has 0 spiro atoms. The molecule has 1 heterocycles. The first kappa shape index (κ1) is 13.5. The van der Waals surface area contributed by atoms with Crippen LogP contribution < -0.4 is 10.6 Å². The number of hydrogen-bond acceptors (Lipinski definition) is 2. The molecular formula is C13H26N2O. The summed E-state index contributed by atoms with van der Waals surface area (Å²) >= 11 is 0. The summed E-state index contributed by atoms with van der Waals surface area (Å²) in [4.78, 5) is 11.7. The zero-order chi connectivity index (χ0) is 12.2. The Morgan fingerprint density at radius 2 is 2.12 bits per heavy atom. The minimum absolute atomic E-state index is 0.0792. The predicted octanol–water partition coefficient (Wildman–Crippen LogP) is 1.93. The third kappa shape index (κ3) is 4.97. The van der Waals surface area contributed by atoms with E-state index in [9.17, 15) is 4.79 Å². The lowest BCUT2D eigenvalue weighted by Crippen LogP contribution is -2.46. The van der Waals surface area contributed by atoms with Gasteiger partial charge in [0.2, 0.25) is 5.91 Å². The predicted molar refractivity (Wildman–Crippen MR) is 67.3 cm³/mol. The van der Waals surface area contributed by atoms with Gasteiger partial charge in [-0.3, -0.25) is 4.79 Å². The van der Waals surface area contributed by atoms with Gasteiger partial charge in [0.05, 0.1) is 0 Å². The van der Waals surface area contributed by atoms with E-state index in [1.54, 1.807) is 0 Å². The summed E-state index contributed by atoms with van der Waals surface area (Å²) in [7, 11) is 0. The van der Waals surface area contributed by atoms with Gasteiger partial charge >= 0.3 is 0 Å². The molecule has 1 rings (SSSR count). The van der Waals surface area contributed by atoms with Crippen molar-refractivity contribution in [3.8, 4) is 0 Å². The van der Waals surface area contributed by atoms with Crippen LogP contribution >= 0.6 is 0 Å². The summed E-state index contributed by atoms with van der Waals surface area (Å²) in [6.45, 7) is 11.5. The number of amides is 1. The fourth-order valence-electron chi connectivity index (χ4n) is 2.13. The maximum atomic E-state index is 11.7. The summed E-state index contributed by atoms with van der Waals surface area (Å²) in [6, 6.07) is 0. The molecule has 1 amide bonds. The Bertz CT molecular complexity index is 237. The van der Waals surface area contributed by atoms with Crippen LogP contribution in [0.25, 0.3) is 0 Å². The Kier molecular flexibility index (Phi) is 4.36. The normalized spacial score (nSPS) is 26.5. The number of carbonyl (C=O) groups excluding carboxylic acids is 1. The number of rotatable bonds is 3. The molecule has 0 radical (unpaired) electrons. The third-order valence-electron chi connectivity index (χ3n) is 3.09. The van der Waals surface area contributed by atoms with Crippen LogP contribution in [-0.2, 0) is 4.79 Å². The van der Waals surface area contributed by atoms with E-state index in [2.05, 4.69) is 38.3 Å². The average molecular weight is 226 g/mol. The van der Waals surface area contributed by atoms with Crippen LogP contribution in [0.4, 0.5) is 0 Å². The van der Waals surface area contributed by atoms with E-state index in [1.807, 2.05) is 0 Å². The van der Waals surface area contributed by atoms with E-state index in [4.69, 9.17) is 0 Å². The van der Waals surface area contributed by atoms with Crippen molar-refractivity contribution in [2.75, 3.05) is 19.6 Å². The van der Waals surface area contributed by atoms with Crippen LogP contribution in [0.3, 0.4) is 0 Å². The molecule has 0 aromatic carbocycles. The highest BCUT2D eigenvalue weighted by Gasteiger charge is 2.27. The van der Waals surface area contributed by atoms with Gasteiger partial charge in [-0.15, -0.1) is 0 Å². The van der Waals surface area contributed by atoms with Crippen molar-refractivity contribution in [3.63, 3.8) is 0 Å². The molecule has 3 nitrogen and oxygen atoms in total. The van der Waals surface area contributed by atoms with Crippen LogP contribution in [0.15, 0.2) is 0 Å². The van der Waals surface area contributed by atoms with E-state index in [1.165, 1.54) is 12.8 Å². The Labute approximate surface area is 99.4 Å². The van der Waals surface area contributed by atoms with Crippen LogP contribution in [0.1, 0.15) is 47.0 Å². The highest BCUT2D eigenvalue weighted by atomic mass is 16.1. The number of nitrogens with one attached hydrogen (secondary N) is 2. The van der Waals surface area contributed by atoms with E-state index < -0.39 is 0 Å². The third-order valence-corrected chi connectivity index (χ3v) is 3.09. The summed E-state index contributed by atoms with van der Waals surface area (Å²) in [5.74, 6) is 0.180. The van der Waals surface area contributed by atoms with Gasteiger partial charge in [0, 0.05) is 19.5 Å². The molecule has 1 unspecified atom stereocenters. The molecule has 1 aliphatic rings. The van der Waals surface area contributed by atoms with Crippen LogP contribution in [0, 0.1) is 10.8 Å². The maximum Gasteiger partial charge on any atom is 0.220 e. The first-order valence-electron chi connectivity index (χ1n) is 6.28. The quantitative estimate of drug-likeness (QED) is 0.772. The van der Waals surface area contributed by atoms with Crippen molar-refractivity contribution in [2.24, 2.45) is 10.8 Å². The minimum atomic E-state index is 0.0792. The SMILES string of the molecule is CC(C)(C)CC(=O)NCC1(C)CCCNC1. The largest absolute Gasteiger partial charge is 0.355 e. The lowest BCUT2D eigenvalue weighted by Gasteiger charge is -2.34. The van der Waals surface area contributed by atoms with Crippen molar-refractivity contribution >= 4 is 5.91 Å². The topological polar surface area (TPSA) is 41.1 Å². The Morgan fingerprint density at radius 1 is 1.44 bits per heavy atom. The van der Waals surface area contributed by atoms with E-state index >= 15 is 0 Å². The van der Waals surface area contributed by atoms with Gasteiger partial charge in [-0.05, 0) is 30.2 Å². The first-order chi connectivity index (χ1) is 7.31. The molecule has 0 saturated carbocycles. The summed E-state index contributed by atoms with van der Waals surface area (Å²) in [5.41, 5.74) is 0.321. The lowest BCUT2D eigenvalue weighted by atomic mass is 9.82. The van der Waals surface area contributed by atoms with Gasteiger partial charge in [-0.1, -0.05) is 27.7 Å². The molecule has 3 heteroatoms. The van der Waals surface area contributed by atoms with Crippen LogP contribution in [0.2, 0.25) is 0 Å². The van der Waals surface area contributed by atoms with Crippen molar-refractivity contribution in [1.29, 1.82) is 0 Å². The maximum absolute atomic E-state index is 11.7. The standard InChI is InChI=1S/C13H26N2O/c1-12(2,3)8-11(16)15-10-13(4)6-5-7-14-9-13/h14H,5-10H2,1-4H3,(H,15,16). The lowest BCUT2D eigenvalue weighted by molar-refractivity contribution is -0.123. The molecule has 0 aliphatic carbocycles. The molecule has 0 bridgehead atoms. The van der Waals surface area contributed by atoms with Gasteiger partial charge in [0.15, 0.2) is 0 Å². The highest BCUT2D eigenvalue weighted by Crippen LogP contribution is 2.24. The van der Waals surface area contributed by atoms with Crippen LogP contribution in [0.5, 0.6) is 0 Å². The molecule has 2 N–H and O–H groups in total. The van der Waals surface area contributed by atoms with Gasteiger partial charge in [0.1, 0.15) is 0 Å². The Balaban J connectivity index is 2.30. The molecular weight excluding hydrogens is 200 g/mol. The fourth-order valence-corrected chi connectivity index (χ4v) is 2.13. The molecule has 1 saturated heterocycles. The second kappa shape index (κ2) is 5.17. The summed E-state index contributed by atoms with van der Waals surface area (Å²) in [5, 5.41) is 6.47. The monoisotopic (exact) mass is 226 g/mol. The molecule has 0 aromatic heterocycles. The van der Waals surface area contributed by atoms with Crippen LogP contribution in [-0.4, -0.2) is 25.5 Å². The molecule has 1 fully saturated rings. The molecule has 16 heavy (non-hydrogen) atoms. The Hall–Kier alpha value is -0.570. The van der Waals surface area contributed by atoms with Gasteiger partial charge in [0.25, 0.3) is 0 Å². The minimum Gasteiger partial charge on any atom is -0.355 e. The number of hydrogen-bond donors (Lipinski definition) is 2. The van der Waals surface area contributed by atoms with Gasteiger partial charge in [-0.25, -0.2) is 0 Å². The van der Waals surface area contributed by atoms with E-state index in [-0.39, 0.29) is 16.7 Å². The van der Waals surface area contributed by atoms with Gasteiger partial charge in [-0.2, -0.15) is 0 Å². The second-order valence-corrected chi connectivity index (χ2v) is 6.61. The van der Waals surface area contributed by atoms with E-state index in [0.717, 1.165) is 19.6 Å². The second-order valence-electron chi connectivity index (χ2n) is 6.61. The van der Waals surface area contributed by atoms with Crippen molar-refractivity contribution < 1.29 is 4.79 Å². The summed E-state index contributed by atoms with van der Waals surface area (Å²) in [6.07, 6.45) is 3.03. The fraction of sp³-hybridized carbons (Fsp3) is 0.923. The van der Waals surface area contributed by atoms with Gasteiger partial charge < -0.3 is 10.6 Å². The molecule has 0 aromatic rings. The van der Waals surface area contributed by atoms with E-state index in [0.29, 0.717) is 6.42 Å². The number of piperidine rings is 1. The summed E-state index contributed by atoms with van der Waals surface area (Å²) < 4.78 is 0. The molecule has 1 atom stereocenters. The van der Waals surface area contributed by atoms with Crippen molar-refractivity contribution in [1.82, 2.24) is 10.6 Å². The molecule has 94 valence electrons. The van der Waals surface area contributed by atoms with Crippen molar-refractivity contribution in [2.45, 2.75) is 47.0 Å². The Morgan fingerprint density at radius 3 is 2.62 bits per heavy atom. The zero-order valence-electron chi connectivity index (χ0n) is 11.2. The average Bonchev–Trinajstić information content (AvgIpc) is 2.14. The highest BCUT2D eigenvalue weighted by molar-refractivity contribution is 5.76. The zero-order valence-corrected chi connectivity index (χ0v) is 11.2. The molecule has 1 aliphatic heterocycles. The first-order valence-corrected chi connectivity index (χ1v) is 6.28. The number of carbonyl (C=O) groups is 1. The van der Waals surface area contributed by atoms with Crippen molar-refractivity contribution in [3.05, 3.63) is 0 Å². The smallest absolute Gasteiger partial charge is 0.220 e.